The first-order chi connectivity index (χ1) is 9.00. The molecule has 19 heavy (non-hydrogen) atoms. The van der Waals surface area contributed by atoms with Gasteiger partial charge in [0.25, 0.3) is 0 Å². The maximum Gasteiger partial charge on any atom is 0.336 e. The topological polar surface area (TPSA) is 49.3 Å². The van der Waals surface area contributed by atoms with E-state index in [1.807, 2.05) is 0 Å². The Morgan fingerprint density at radius 1 is 1.42 bits per heavy atom. The van der Waals surface area contributed by atoms with Gasteiger partial charge in [0.15, 0.2) is 5.82 Å². The first-order valence-corrected chi connectivity index (χ1v) is 7.28. The second-order valence-corrected chi connectivity index (χ2v) is 5.90. The van der Waals surface area contributed by atoms with E-state index in [0.29, 0.717) is 11.6 Å². The molecule has 0 radical (unpaired) electrons. The highest BCUT2D eigenvalue weighted by molar-refractivity contribution is 9.10. The monoisotopic (exact) mass is 329 g/mol. The van der Waals surface area contributed by atoms with E-state index in [1.165, 1.54) is 18.6 Å². The average Bonchev–Trinajstić information content (AvgIpc) is 2.37. The highest BCUT2D eigenvalue weighted by atomic mass is 79.9. The largest absolute Gasteiger partial charge is 0.478 e. The van der Waals surface area contributed by atoms with E-state index in [2.05, 4.69) is 28.2 Å². The van der Waals surface area contributed by atoms with Gasteiger partial charge in [0.05, 0.1) is 15.7 Å². The van der Waals surface area contributed by atoms with Crippen LogP contribution in [0.2, 0.25) is 0 Å². The fourth-order valence-electron chi connectivity index (χ4n) is 2.56. The second-order valence-electron chi connectivity index (χ2n) is 5.11. The summed E-state index contributed by atoms with van der Waals surface area (Å²) in [5.41, 5.74) is 0.315. The summed E-state index contributed by atoms with van der Waals surface area (Å²) in [6, 6.07) is 3.18. The van der Waals surface area contributed by atoms with Crippen LogP contribution >= 0.6 is 15.9 Å². The molecule has 2 N–H and O–H groups in total. The van der Waals surface area contributed by atoms with Crippen molar-refractivity contribution in [2.45, 2.75) is 38.6 Å². The zero-order valence-electron chi connectivity index (χ0n) is 10.7. The van der Waals surface area contributed by atoms with Gasteiger partial charge in [-0.1, -0.05) is 19.8 Å². The summed E-state index contributed by atoms with van der Waals surface area (Å²) in [5.74, 6) is -1.16. The van der Waals surface area contributed by atoms with Crippen molar-refractivity contribution in [3.8, 4) is 0 Å². The lowest BCUT2D eigenvalue weighted by Crippen LogP contribution is -2.30. The van der Waals surface area contributed by atoms with Crippen molar-refractivity contribution in [3.63, 3.8) is 0 Å². The van der Waals surface area contributed by atoms with E-state index >= 15 is 0 Å². The maximum absolute atomic E-state index is 14.1. The Labute approximate surface area is 120 Å². The molecule has 1 aromatic rings. The van der Waals surface area contributed by atoms with Crippen molar-refractivity contribution in [3.05, 3.63) is 28.0 Å². The number of aromatic carboxylic acids is 1. The Morgan fingerprint density at radius 3 is 2.74 bits per heavy atom. The molecule has 0 heterocycles. The summed E-state index contributed by atoms with van der Waals surface area (Å²) in [5, 5.41) is 12.1. The molecule has 2 unspecified atom stereocenters. The van der Waals surface area contributed by atoms with Gasteiger partial charge in [0, 0.05) is 6.04 Å². The number of anilines is 1. The number of carbonyl (C=O) groups is 1. The standard InChI is InChI=1S/C14H17BrFNO2/c1-8-4-2-3-5-10(8)17-11-7-6-9(14(18)19)12(15)13(11)16/h6-8,10,17H,2-5H2,1H3,(H,18,19). The van der Waals surface area contributed by atoms with Gasteiger partial charge in [-0.25, -0.2) is 9.18 Å². The Bertz CT molecular complexity index is 493. The van der Waals surface area contributed by atoms with Crippen LogP contribution in [0.4, 0.5) is 10.1 Å². The number of halogens is 2. The number of rotatable bonds is 3. The maximum atomic E-state index is 14.1. The second kappa shape index (κ2) is 5.90. The predicted molar refractivity (Wildman–Crippen MR) is 76.1 cm³/mol. The van der Waals surface area contributed by atoms with Gasteiger partial charge in [-0.2, -0.15) is 0 Å². The van der Waals surface area contributed by atoms with E-state index in [9.17, 15) is 9.18 Å². The summed E-state index contributed by atoms with van der Waals surface area (Å²) < 4.78 is 14.1. The Morgan fingerprint density at radius 2 is 2.11 bits per heavy atom. The minimum Gasteiger partial charge on any atom is -0.478 e. The average molecular weight is 330 g/mol. The highest BCUT2D eigenvalue weighted by Gasteiger charge is 2.23. The molecule has 0 amide bonds. The van der Waals surface area contributed by atoms with Crippen LogP contribution in [0.15, 0.2) is 16.6 Å². The van der Waals surface area contributed by atoms with E-state index in [1.54, 1.807) is 0 Å². The van der Waals surface area contributed by atoms with Gasteiger partial charge in [0.2, 0.25) is 0 Å². The minimum absolute atomic E-state index is 0.00784. The number of hydrogen-bond donors (Lipinski definition) is 2. The summed E-state index contributed by atoms with van der Waals surface area (Å²) in [7, 11) is 0. The molecule has 104 valence electrons. The molecule has 1 fully saturated rings. The summed E-state index contributed by atoms with van der Waals surface area (Å²) in [6.07, 6.45) is 4.55. The van der Waals surface area contributed by atoms with Crippen LogP contribution < -0.4 is 5.32 Å². The van der Waals surface area contributed by atoms with Crippen LogP contribution in [0, 0.1) is 11.7 Å². The van der Waals surface area contributed by atoms with Crippen LogP contribution in [0.3, 0.4) is 0 Å². The van der Waals surface area contributed by atoms with E-state index < -0.39 is 11.8 Å². The molecule has 2 atom stereocenters. The molecular formula is C14H17BrFNO2. The van der Waals surface area contributed by atoms with Crippen LogP contribution in [0.1, 0.15) is 43.0 Å². The van der Waals surface area contributed by atoms with Crippen molar-refractivity contribution < 1.29 is 14.3 Å². The zero-order valence-corrected chi connectivity index (χ0v) is 12.3. The third kappa shape index (κ3) is 3.08. The normalized spacial score (nSPS) is 23.1. The van der Waals surface area contributed by atoms with Crippen LogP contribution in [0.25, 0.3) is 0 Å². The smallest absolute Gasteiger partial charge is 0.336 e. The molecule has 0 spiro atoms. The molecule has 0 saturated heterocycles. The van der Waals surface area contributed by atoms with Crippen LogP contribution in [0.5, 0.6) is 0 Å². The number of nitrogens with one attached hydrogen (secondary N) is 1. The number of carboxylic acids is 1. The van der Waals surface area contributed by atoms with Gasteiger partial charge >= 0.3 is 5.97 Å². The summed E-state index contributed by atoms with van der Waals surface area (Å²) in [4.78, 5) is 10.9. The first kappa shape index (κ1) is 14.3. The van der Waals surface area contributed by atoms with Gasteiger partial charge in [-0.3, -0.25) is 0 Å². The molecule has 1 saturated carbocycles. The SMILES string of the molecule is CC1CCCCC1Nc1ccc(C(=O)O)c(Br)c1F. The number of carboxylic acid groups (broad SMARTS) is 1. The van der Waals surface area contributed by atoms with Gasteiger partial charge in [-0.05, 0) is 46.8 Å². The molecule has 3 nitrogen and oxygen atoms in total. The molecule has 2 rings (SSSR count). The van der Waals surface area contributed by atoms with Crippen molar-refractivity contribution in [2.75, 3.05) is 5.32 Å². The van der Waals surface area contributed by atoms with Crippen molar-refractivity contribution in [2.24, 2.45) is 5.92 Å². The minimum atomic E-state index is -1.14. The molecule has 0 bridgehead atoms. The van der Waals surface area contributed by atoms with E-state index in [4.69, 9.17) is 5.11 Å². The van der Waals surface area contributed by atoms with Crippen LogP contribution in [-0.2, 0) is 0 Å². The molecule has 0 aromatic heterocycles. The lowest BCUT2D eigenvalue weighted by Gasteiger charge is -2.30. The van der Waals surface area contributed by atoms with E-state index in [-0.39, 0.29) is 16.1 Å². The number of hydrogen-bond acceptors (Lipinski definition) is 2. The lowest BCUT2D eigenvalue weighted by atomic mass is 9.86. The third-order valence-electron chi connectivity index (χ3n) is 3.77. The molecule has 1 aliphatic rings. The quantitative estimate of drug-likeness (QED) is 0.870. The highest BCUT2D eigenvalue weighted by Crippen LogP contribution is 2.31. The molecule has 1 aromatic carbocycles. The molecular weight excluding hydrogens is 313 g/mol. The Kier molecular flexibility index (Phi) is 4.45. The lowest BCUT2D eigenvalue weighted by molar-refractivity contribution is 0.0695. The Balaban J connectivity index is 2.21. The fraction of sp³-hybridized carbons (Fsp3) is 0.500. The molecule has 0 aliphatic heterocycles. The predicted octanol–water partition coefficient (Wildman–Crippen LogP) is 4.28. The summed E-state index contributed by atoms with van der Waals surface area (Å²) in [6.45, 7) is 2.16. The molecule has 5 heteroatoms. The van der Waals surface area contributed by atoms with Gasteiger partial charge < -0.3 is 10.4 Å². The van der Waals surface area contributed by atoms with Crippen LogP contribution in [-0.4, -0.2) is 17.1 Å². The van der Waals surface area contributed by atoms with Crippen molar-refractivity contribution >= 4 is 27.6 Å². The third-order valence-corrected chi connectivity index (χ3v) is 4.54. The van der Waals surface area contributed by atoms with Crippen molar-refractivity contribution in [1.82, 2.24) is 0 Å². The van der Waals surface area contributed by atoms with Gasteiger partial charge in [-0.15, -0.1) is 0 Å². The summed E-state index contributed by atoms with van der Waals surface area (Å²) >= 11 is 3.02. The van der Waals surface area contributed by atoms with Gasteiger partial charge in [0.1, 0.15) is 0 Å². The van der Waals surface area contributed by atoms with Crippen molar-refractivity contribution in [1.29, 1.82) is 0 Å². The number of benzene rings is 1. The first-order valence-electron chi connectivity index (χ1n) is 6.48. The Hall–Kier alpha value is -1.10. The van der Waals surface area contributed by atoms with E-state index in [0.717, 1.165) is 19.3 Å². The zero-order chi connectivity index (χ0) is 14.0. The molecule has 1 aliphatic carbocycles. The fourth-order valence-corrected chi connectivity index (χ4v) is 3.07.